The lowest BCUT2D eigenvalue weighted by molar-refractivity contribution is -0.135. The fourth-order valence-corrected chi connectivity index (χ4v) is 1.57. The zero-order valence-electron chi connectivity index (χ0n) is 8.43. The van der Waals surface area contributed by atoms with Crippen LogP contribution in [0.2, 0.25) is 0 Å². The number of imide groups is 1. The van der Waals surface area contributed by atoms with Crippen molar-refractivity contribution >= 4 is 11.8 Å². The van der Waals surface area contributed by atoms with Gasteiger partial charge in [0.05, 0.1) is 0 Å². The maximum absolute atomic E-state index is 11.6. The molecule has 0 fully saturated rings. The summed E-state index contributed by atoms with van der Waals surface area (Å²) < 4.78 is 0. The Labute approximate surface area is 88.0 Å². The van der Waals surface area contributed by atoms with Crippen molar-refractivity contribution in [2.24, 2.45) is 0 Å². The molecule has 0 aromatic heterocycles. The monoisotopic (exact) mass is 201 g/mol. The Bertz CT molecular complexity index is 434. The van der Waals surface area contributed by atoms with Crippen LogP contribution in [0.15, 0.2) is 42.0 Å². The van der Waals surface area contributed by atoms with Crippen LogP contribution in [0, 0.1) is 0 Å². The topological polar surface area (TPSA) is 37.4 Å². The van der Waals surface area contributed by atoms with Gasteiger partial charge in [-0.25, -0.2) is 0 Å². The first-order valence-corrected chi connectivity index (χ1v) is 4.75. The molecule has 2 rings (SSSR count). The van der Waals surface area contributed by atoms with Gasteiger partial charge in [-0.05, 0) is 5.56 Å². The van der Waals surface area contributed by atoms with E-state index in [-0.39, 0.29) is 11.8 Å². The van der Waals surface area contributed by atoms with Gasteiger partial charge in [-0.3, -0.25) is 14.5 Å². The Morgan fingerprint density at radius 3 is 2.33 bits per heavy atom. The van der Waals surface area contributed by atoms with Crippen LogP contribution in [-0.4, -0.2) is 23.8 Å². The van der Waals surface area contributed by atoms with Crippen LogP contribution in [0.5, 0.6) is 0 Å². The second-order valence-corrected chi connectivity index (χ2v) is 3.53. The lowest BCUT2D eigenvalue weighted by Crippen LogP contribution is -2.26. The number of hydrogen-bond acceptors (Lipinski definition) is 2. The van der Waals surface area contributed by atoms with Crippen LogP contribution in [-0.2, 0) is 16.0 Å². The van der Waals surface area contributed by atoms with Crippen molar-refractivity contribution in [3.05, 3.63) is 47.5 Å². The number of carbonyl (C=O) groups excluding carboxylic acids is 2. The highest BCUT2D eigenvalue weighted by Gasteiger charge is 2.26. The van der Waals surface area contributed by atoms with Gasteiger partial charge in [0.15, 0.2) is 0 Å². The second kappa shape index (κ2) is 3.69. The summed E-state index contributed by atoms with van der Waals surface area (Å²) in [5, 5.41) is 0. The summed E-state index contributed by atoms with van der Waals surface area (Å²) in [5.41, 5.74) is 1.61. The van der Waals surface area contributed by atoms with E-state index in [1.54, 1.807) is 0 Å². The van der Waals surface area contributed by atoms with E-state index in [0.29, 0.717) is 12.0 Å². The molecular weight excluding hydrogens is 190 g/mol. The summed E-state index contributed by atoms with van der Waals surface area (Å²) in [6, 6.07) is 9.64. The molecule has 0 saturated carbocycles. The summed E-state index contributed by atoms with van der Waals surface area (Å²) in [7, 11) is 1.50. The molecule has 1 aliphatic heterocycles. The van der Waals surface area contributed by atoms with Gasteiger partial charge in [-0.15, -0.1) is 0 Å². The molecule has 0 saturated heterocycles. The molecule has 0 atom stereocenters. The number of rotatable bonds is 2. The van der Waals surface area contributed by atoms with Crippen molar-refractivity contribution in [3.8, 4) is 0 Å². The van der Waals surface area contributed by atoms with E-state index in [2.05, 4.69) is 0 Å². The normalized spacial score (nSPS) is 15.8. The number of nitrogens with zero attached hydrogens (tertiary/aromatic N) is 1. The van der Waals surface area contributed by atoms with Crippen molar-refractivity contribution in [3.63, 3.8) is 0 Å². The van der Waals surface area contributed by atoms with Gasteiger partial charge < -0.3 is 0 Å². The van der Waals surface area contributed by atoms with Crippen molar-refractivity contribution in [2.45, 2.75) is 6.42 Å². The number of carbonyl (C=O) groups is 2. The Kier molecular flexibility index (Phi) is 2.37. The molecule has 3 heteroatoms. The van der Waals surface area contributed by atoms with E-state index in [0.717, 1.165) is 10.5 Å². The fourth-order valence-electron chi connectivity index (χ4n) is 1.57. The molecule has 0 N–H and O–H groups in total. The van der Waals surface area contributed by atoms with Gasteiger partial charge in [0.1, 0.15) is 0 Å². The molecule has 1 heterocycles. The summed E-state index contributed by atoms with van der Waals surface area (Å²) >= 11 is 0. The Hall–Kier alpha value is -1.90. The van der Waals surface area contributed by atoms with E-state index in [1.807, 2.05) is 30.3 Å². The Balaban J connectivity index is 2.18. The van der Waals surface area contributed by atoms with E-state index in [9.17, 15) is 9.59 Å². The van der Waals surface area contributed by atoms with E-state index in [1.165, 1.54) is 13.1 Å². The number of likely N-dealkylation sites (N-methyl/N-ethyl adjacent to an activating group) is 1. The molecule has 0 radical (unpaired) electrons. The van der Waals surface area contributed by atoms with Gasteiger partial charge in [-0.1, -0.05) is 30.3 Å². The minimum Gasteiger partial charge on any atom is -0.278 e. The van der Waals surface area contributed by atoms with Crippen LogP contribution in [0.4, 0.5) is 0 Å². The Morgan fingerprint density at radius 1 is 1.13 bits per heavy atom. The van der Waals surface area contributed by atoms with Gasteiger partial charge in [0.2, 0.25) is 0 Å². The standard InChI is InChI=1S/C12H11NO2/c1-13-11(14)8-10(12(13)15)7-9-5-3-2-4-6-9/h2-6,8H,7H2,1H3. The minimum atomic E-state index is -0.231. The van der Waals surface area contributed by atoms with Crippen LogP contribution in [0.3, 0.4) is 0 Å². The van der Waals surface area contributed by atoms with Gasteiger partial charge >= 0.3 is 0 Å². The van der Waals surface area contributed by atoms with Crippen LogP contribution < -0.4 is 0 Å². The highest BCUT2D eigenvalue weighted by atomic mass is 16.2. The first-order valence-electron chi connectivity index (χ1n) is 4.75. The van der Waals surface area contributed by atoms with Gasteiger partial charge in [0.25, 0.3) is 11.8 Å². The first-order chi connectivity index (χ1) is 7.18. The van der Waals surface area contributed by atoms with Gasteiger partial charge in [-0.2, -0.15) is 0 Å². The number of benzene rings is 1. The molecule has 0 spiro atoms. The number of hydrogen-bond donors (Lipinski definition) is 0. The van der Waals surface area contributed by atoms with Crippen molar-refractivity contribution in [1.82, 2.24) is 4.90 Å². The SMILES string of the molecule is CN1C(=O)C=C(Cc2ccccc2)C1=O. The van der Waals surface area contributed by atoms with E-state index in [4.69, 9.17) is 0 Å². The zero-order valence-corrected chi connectivity index (χ0v) is 8.43. The van der Waals surface area contributed by atoms with Crippen LogP contribution in [0.1, 0.15) is 5.56 Å². The first kappa shape index (κ1) is 9.65. The van der Waals surface area contributed by atoms with Crippen LogP contribution >= 0.6 is 0 Å². The van der Waals surface area contributed by atoms with Crippen molar-refractivity contribution < 1.29 is 9.59 Å². The largest absolute Gasteiger partial charge is 0.278 e. The predicted molar refractivity (Wildman–Crippen MR) is 56.0 cm³/mol. The van der Waals surface area contributed by atoms with E-state index < -0.39 is 0 Å². The quantitative estimate of drug-likeness (QED) is 0.673. The molecule has 1 aromatic carbocycles. The molecule has 1 aromatic rings. The fraction of sp³-hybridized carbons (Fsp3) is 0.167. The highest BCUT2D eigenvalue weighted by Crippen LogP contribution is 2.15. The average molecular weight is 201 g/mol. The molecule has 0 aliphatic carbocycles. The lowest BCUT2D eigenvalue weighted by atomic mass is 10.1. The van der Waals surface area contributed by atoms with E-state index >= 15 is 0 Å². The van der Waals surface area contributed by atoms with Gasteiger partial charge in [0, 0.05) is 25.1 Å². The molecule has 3 nitrogen and oxygen atoms in total. The third-order valence-electron chi connectivity index (χ3n) is 2.45. The second-order valence-electron chi connectivity index (χ2n) is 3.53. The predicted octanol–water partition coefficient (Wildman–Crippen LogP) is 1.15. The third kappa shape index (κ3) is 1.81. The molecular formula is C12H11NO2. The summed E-state index contributed by atoms with van der Waals surface area (Å²) in [4.78, 5) is 23.9. The lowest BCUT2D eigenvalue weighted by Gasteiger charge is -2.06. The van der Waals surface area contributed by atoms with Crippen molar-refractivity contribution in [2.75, 3.05) is 7.05 Å². The third-order valence-corrected chi connectivity index (χ3v) is 2.45. The summed E-state index contributed by atoms with van der Waals surface area (Å²) in [6.45, 7) is 0. The smallest absolute Gasteiger partial charge is 0.256 e. The average Bonchev–Trinajstić information content (AvgIpc) is 2.48. The molecule has 2 amide bonds. The molecule has 15 heavy (non-hydrogen) atoms. The molecule has 0 bridgehead atoms. The maximum Gasteiger partial charge on any atom is 0.256 e. The molecule has 1 aliphatic rings. The summed E-state index contributed by atoms with van der Waals surface area (Å²) in [6.07, 6.45) is 1.94. The number of amides is 2. The van der Waals surface area contributed by atoms with Crippen molar-refractivity contribution in [1.29, 1.82) is 0 Å². The summed E-state index contributed by atoms with van der Waals surface area (Å²) in [5.74, 6) is -0.421. The molecule has 76 valence electrons. The molecule has 0 unspecified atom stereocenters. The Morgan fingerprint density at radius 2 is 1.80 bits per heavy atom. The van der Waals surface area contributed by atoms with Crippen LogP contribution in [0.25, 0.3) is 0 Å². The maximum atomic E-state index is 11.6. The minimum absolute atomic E-state index is 0.191. The highest BCUT2D eigenvalue weighted by molar-refractivity contribution is 6.16. The zero-order chi connectivity index (χ0) is 10.8.